The van der Waals surface area contributed by atoms with Gasteiger partial charge in [-0.15, -0.1) is 0 Å². The lowest BCUT2D eigenvalue weighted by Gasteiger charge is -2.10. The molecule has 2 rings (SSSR count). The molecule has 0 unspecified atom stereocenters. The Bertz CT molecular complexity index is 883. The van der Waals surface area contributed by atoms with Crippen molar-refractivity contribution in [2.45, 2.75) is 28.5 Å². The van der Waals surface area contributed by atoms with Gasteiger partial charge in [-0.25, -0.2) is 22.0 Å². The topological polar surface area (TPSA) is 94.3 Å². The van der Waals surface area contributed by atoms with Gasteiger partial charge in [0.15, 0.2) is 0 Å². The Morgan fingerprint density at radius 3 is 1.81 bits per heavy atom. The molecule has 0 radical (unpaired) electrons. The molecule has 0 aliphatic heterocycles. The van der Waals surface area contributed by atoms with Gasteiger partial charge in [0.05, 0.1) is 9.79 Å². The van der Waals surface area contributed by atoms with E-state index in [1.165, 1.54) is 30.3 Å². The van der Waals surface area contributed by atoms with Crippen LogP contribution in [0.5, 0.6) is 0 Å². The number of hydrogen-bond acceptors (Lipinski definition) is 4. The fraction of sp³-hybridized carbons (Fsp3) is 0.143. The molecular formula is C14H15NO4S2. The summed E-state index contributed by atoms with van der Waals surface area (Å²) in [6.07, 6.45) is 0. The van der Waals surface area contributed by atoms with Crippen LogP contribution >= 0.6 is 0 Å². The van der Waals surface area contributed by atoms with Crippen molar-refractivity contribution in [1.82, 2.24) is 0 Å². The molecule has 112 valence electrons. The Hall–Kier alpha value is -1.70. The zero-order valence-corrected chi connectivity index (χ0v) is 13.2. The average Bonchev–Trinajstić information content (AvgIpc) is 2.38. The highest BCUT2D eigenvalue weighted by molar-refractivity contribution is 7.93. The summed E-state index contributed by atoms with van der Waals surface area (Å²) in [5, 5.41) is 5.13. The van der Waals surface area contributed by atoms with Crippen molar-refractivity contribution < 1.29 is 16.8 Å². The van der Waals surface area contributed by atoms with Crippen LogP contribution in [0.4, 0.5) is 0 Å². The number of sulfonamides is 1. The van der Waals surface area contributed by atoms with Gasteiger partial charge in [-0.3, -0.25) is 0 Å². The van der Waals surface area contributed by atoms with Gasteiger partial charge in [-0.1, -0.05) is 23.8 Å². The first-order chi connectivity index (χ1) is 9.62. The molecule has 0 fully saturated rings. The minimum atomic E-state index is -4.13. The predicted octanol–water partition coefficient (Wildman–Crippen LogP) is 1.78. The Morgan fingerprint density at radius 1 is 0.762 bits per heavy atom. The summed E-state index contributed by atoms with van der Waals surface area (Å²) in [7, 11) is -8.08. The van der Waals surface area contributed by atoms with Crippen molar-refractivity contribution in [3.63, 3.8) is 0 Å². The highest BCUT2D eigenvalue weighted by atomic mass is 32.2. The molecule has 2 N–H and O–H groups in total. The number of aryl methyl sites for hydroxylation is 2. The van der Waals surface area contributed by atoms with Crippen molar-refractivity contribution in [3.05, 3.63) is 53.6 Å². The molecule has 2 aromatic carbocycles. The number of rotatable bonds is 3. The number of hydrogen-bond donors (Lipinski definition) is 1. The Balaban J connectivity index is 2.74. The fourth-order valence-electron chi connectivity index (χ4n) is 1.90. The van der Waals surface area contributed by atoms with Gasteiger partial charge in [-0.2, -0.15) is 0 Å². The molecule has 0 saturated carbocycles. The summed E-state index contributed by atoms with van der Waals surface area (Å²) in [5.41, 5.74) is 1.52. The molecule has 0 spiro atoms. The molecule has 0 amide bonds. The van der Waals surface area contributed by atoms with Gasteiger partial charge in [0, 0.05) is 0 Å². The lowest BCUT2D eigenvalue weighted by atomic mass is 10.2. The van der Waals surface area contributed by atoms with E-state index in [1.807, 2.05) is 6.92 Å². The van der Waals surface area contributed by atoms with Crippen LogP contribution in [0, 0.1) is 13.8 Å². The standard InChI is InChI=1S/C14H15NO4S2/c1-10-3-6-12(7-4-10)20(16,17)13-8-5-11(2)9-14(13)21(15,18)19/h3-9H,1-2H3,(H2,15,18,19). The molecule has 0 atom stereocenters. The van der Waals surface area contributed by atoms with Crippen LogP contribution in [-0.2, 0) is 19.9 Å². The fourth-order valence-corrected chi connectivity index (χ4v) is 4.60. The first-order valence-corrected chi connectivity index (χ1v) is 9.10. The molecule has 7 heteroatoms. The first-order valence-electron chi connectivity index (χ1n) is 6.07. The van der Waals surface area contributed by atoms with Crippen molar-refractivity contribution >= 4 is 19.9 Å². The summed E-state index contributed by atoms with van der Waals surface area (Å²) in [6, 6.07) is 10.3. The summed E-state index contributed by atoms with van der Waals surface area (Å²) in [4.78, 5) is -0.663. The van der Waals surface area contributed by atoms with Crippen molar-refractivity contribution in [3.8, 4) is 0 Å². The van der Waals surface area contributed by atoms with Gasteiger partial charge in [0.2, 0.25) is 19.9 Å². The molecule has 21 heavy (non-hydrogen) atoms. The van der Waals surface area contributed by atoms with Gasteiger partial charge in [0.25, 0.3) is 0 Å². The lowest BCUT2D eigenvalue weighted by Crippen LogP contribution is -2.17. The van der Waals surface area contributed by atoms with E-state index in [9.17, 15) is 16.8 Å². The van der Waals surface area contributed by atoms with E-state index < -0.39 is 19.9 Å². The minimum absolute atomic E-state index is 0.0295. The minimum Gasteiger partial charge on any atom is -0.225 e. The SMILES string of the molecule is Cc1ccc(S(=O)(=O)c2ccc(C)cc2S(N)(=O)=O)cc1. The quantitative estimate of drug-likeness (QED) is 0.930. The van der Waals surface area contributed by atoms with E-state index in [-0.39, 0.29) is 14.7 Å². The molecule has 0 aliphatic carbocycles. The van der Waals surface area contributed by atoms with Gasteiger partial charge >= 0.3 is 0 Å². The second-order valence-electron chi connectivity index (χ2n) is 4.81. The average molecular weight is 325 g/mol. The highest BCUT2D eigenvalue weighted by Gasteiger charge is 2.26. The van der Waals surface area contributed by atoms with Crippen LogP contribution in [0.3, 0.4) is 0 Å². The molecule has 0 aromatic heterocycles. The second-order valence-corrected chi connectivity index (χ2v) is 8.26. The van der Waals surface area contributed by atoms with Crippen LogP contribution in [0.15, 0.2) is 57.2 Å². The Labute approximate surface area is 124 Å². The first kappa shape index (κ1) is 15.7. The van der Waals surface area contributed by atoms with Gasteiger partial charge < -0.3 is 0 Å². The summed E-state index contributed by atoms with van der Waals surface area (Å²) >= 11 is 0. The van der Waals surface area contributed by atoms with Crippen molar-refractivity contribution in [1.29, 1.82) is 0 Å². The third-order valence-electron chi connectivity index (χ3n) is 3.03. The number of nitrogens with two attached hydrogens (primary N) is 1. The molecular weight excluding hydrogens is 310 g/mol. The van der Waals surface area contributed by atoms with Crippen LogP contribution in [0.25, 0.3) is 0 Å². The maximum atomic E-state index is 12.6. The molecule has 0 bridgehead atoms. The predicted molar refractivity (Wildman–Crippen MR) is 79.2 cm³/mol. The van der Waals surface area contributed by atoms with E-state index in [4.69, 9.17) is 5.14 Å². The molecule has 2 aromatic rings. The van der Waals surface area contributed by atoms with Gasteiger partial charge in [-0.05, 0) is 43.7 Å². The summed E-state index contributed by atoms with van der Waals surface area (Å²) < 4.78 is 48.5. The van der Waals surface area contributed by atoms with Crippen LogP contribution < -0.4 is 5.14 Å². The maximum absolute atomic E-state index is 12.6. The monoisotopic (exact) mass is 325 g/mol. The van der Waals surface area contributed by atoms with Crippen LogP contribution in [0.2, 0.25) is 0 Å². The van der Waals surface area contributed by atoms with Crippen LogP contribution in [0.1, 0.15) is 11.1 Å². The number of sulfone groups is 1. The molecule has 0 aliphatic rings. The van der Waals surface area contributed by atoms with E-state index in [0.717, 1.165) is 5.56 Å². The zero-order valence-electron chi connectivity index (χ0n) is 11.6. The van der Waals surface area contributed by atoms with Crippen molar-refractivity contribution in [2.75, 3.05) is 0 Å². The summed E-state index contributed by atoms with van der Waals surface area (Å²) in [6.45, 7) is 3.50. The van der Waals surface area contributed by atoms with E-state index in [1.54, 1.807) is 19.1 Å². The largest absolute Gasteiger partial charge is 0.239 e. The normalized spacial score (nSPS) is 12.3. The maximum Gasteiger partial charge on any atom is 0.239 e. The molecule has 0 heterocycles. The highest BCUT2D eigenvalue weighted by Crippen LogP contribution is 2.27. The third-order valence-corrected chi connectivity index (χ3v) is 5.93. The molecule has 5 nitrogen and oxygen atoms in total. The lowest BCUT2D eigenvalue weighted by molar-refractivity contribution is 0.583. The van der Waals surface area contributed by atoms with Gasteiger partial charge in [0.1, 0.15) is 4.90 Å². The van der Waals surface area contributed by atoms with E-state index in [0.29, 0.717) is 5.56 Å². The Kier molecular flexibility index (Phi) is 3.92. The number of benzene rings is 2. The van der Waals surface area contributed by atoms with E-state index in [2.05, 4.69) is 0 Å². The van der Waals surface area contributed by atoms with E-state index >= 15 is 0 Å². The van der Waals surface area contributed by atoms with Crippen molar-refractivity contribution in [2.24, 2.45) is 5.14 Å². The second kappa shape index (κ2) is 5.25. The Morgan fingerprint density at radius 2 is 1.29 bits per heavy atom. The molecule has 0 saturated heterocycles. The number of primary sulfonamides is 1. The summed E-state index contributed by atoms with van der Waals surface area (Å²) in [5.74, 6) is 0. The smallest absolute Gasteiger partial charge is 0.225 e. The zero-order chi connectivity index (χ0) is 15.8. The third kappa shape index (κ3) is 3.15. The van der Waals surface area contributed by atoms with Crippen LogP contribution in [-0.4, -0.2) is 16.8 Å².